The van der Waals surface area contributed by atoms with Gasteiger partial charge in [0.25, 0.3) is 0 Å². The molecule has 1 aliphatic rings. The number of guanidine groups is 1. The van der Waals surface area contributed by atoms with Crippen molar-refractivity contribution in [3.8, 4) is 0 Å². The van der Waals surface area contributed by atoms with Gasteiger partial charge in [0.2, 0.25) is 0 Å². The van der Waals surface area contributed by atoms with E-state index in [1.54, 1.807) is 6.92 Å². The predicted octanol–water partition coefficient (Wildman–Crippen LogP) is 2.84. The van der Waals surface area contributed by atoms with Gasteiger partial charge in [-0.25, -0.2) is 4.99 Å². The van der Waals surface area contributed by atoms with Crippen LogP contribution in [0.4, 0.5) is 0 Å². The number of nitrogens with zero attached hydrogens (tertiary/aromatic N) is 2. The van der Waals surface area contributed by atoms with Gasteiger partial charge in [0, 0.05) is 19.1 Å². The maximum atomic E-state index is 10.6. The summed E-state index contributed by atoms with van der Waals surface area (Å²) in [5.41, 5.74) is -1.12. The molecule has 0 radical (unpaired) electrons. The monoisotopic (exact) mass is 478 g/mol. The Labute approximate surface area is 174 Å². The van der Waals surface area contributed by atoms with E-state index in [1.807, 2.05) is 26.0 Å². The van der Waals surface area contributed by atoms with E-state index in [2.05, 4.69) is 27.4 Å². The highest BCUT2D eigenvalue weighted by atomic mass is 127. The highest BCUT2D eigenvalue weighted by molar-refractivity contribution is 14.0. The van der Waals surface area contributed by atoms with Crippen molar-refractivity contribution < 1.29 is 9.52 Å². The zero-order valence-corrected chi connectivity index (χ0v) is 18.9. The van der Waals surface area contributed by atoms with E-state index in [4.69, 9.17) is 4.42 Å². The van der Waals surface area contributed by atoms with Gasteiger partial charge < -0.3 is 20.2 Å². The number of nitrogens with one attached hydrogen (secondary N) is 2. The highest BCUT2D eigenvalue weighted by Crippen LogP contribution is 2.23. The third-order valence-electron chi connectivity index (χ3n) is 4.79. The van der Waals surface area contributed by atoms with Crippen molar-refractivity contribution >= 4 is 29.9 Å². The van der Waals surface area contributed by atoms with Crippen LogP contribution < -0.4 is 10.6 Å². The Kier molecular flexibility index (Phi) is 9.95. The number of hydrogen-bond acceptors (Lipinski definition) is 4. The maximum absolute atomic E-state index is 10.6. The number of aliphatic imine (C=N–C) groups is 1. The number of likely N-dealkylation sites (tertiary alicyclic amines) is 1. The molecule has 2 atom stereocenters. The molecular formula is C19H35IN4O2. The molecule has 2 unspecified atom stereocenters. The first-order valence-electron chi connectivity index (χ1n) is 9.51. The molecule has 0 aliphatic carbocycles. The summed E-state index contributed by atoms with van der Waals surface area (Å²) < 4.78 is 5.56. The quantitative estimate of drug-likeness (QED) is 0.305. The van der Waals surface area contributed by atoms with E-state index in [1.165, 1.54) is 25.9 Å². The lowest BCUT2D eigenvalue weighted by molar-refractivity contribution is 0.0428. The lowest BCUT2D eigenvalue weighted by Crippen LogP contribution is -2.46. The summed E-state index contributed by atoms with van der Waals surface area (Å²) >= 11 is 0. The molecule has 1 aromatic rings. The second kappa shape index (κ2) is 11.1. The van der Waals surface area contributed by atoms with Crippen molar-refractivity contribution in [1.82, 2.24) is 15.5 Å². The molecule has 1 aliphatic heterocycles. The molecule has 0 aromatic carbocycles. The topological polar surface area (TPSA) is 73.0 Å². The highest BCUT2D eigenvalue weighted by Gasteiger charge is 2.27. The summed E-state index contributed by atoms with van der Waals surface area (Å²) in [5.74, 6) is 2.08. The molecule has 26 heavy (non-hydrogen) atoms. The molecule has 2 heterocycles. The number of furan rings is 1. The summed E-state index contributed by atoms with van der Waals surface area (Å²) in [6.07, 6.45) is 3.72. The molecule has 3 N–H and O–H groups in total. The van der Waals surface area contributed by atoms with Crippen LogP contribution in [-0.2, 0) is 5.60 Å². The van der Waals surface area contributed by atoms with Crippen LogP contribution in [0.25, 0.3) is 0 Å². The molecule has 2 rings (SSSR count). The number of hydrogen-bond donors (Lipinski definition) is 3. The maximum Gasteiger partial charge on any atom is 0.191 e. The van der Waals surface area contributed by atoms with E-state index in [-0.39, 0.29) is 30.5 Å². The van der Waals surface area contributed by atoms with Gasteiger partial charge in [0.05, 0.1) is 6.54 Å². The minimum Gasteiger partial charge on any atom is -0.463 e. The van der Waals surface area contributed by atoms with Gasteiger partial charge in [-0.15, -0.1) is 24.0 Å². The largest absolute Gasteiger partial charge is 0.463 e. The molecule has 0 spiro atoms. The predicted molar refractivity (Wildman–Crippen MR) is 117 cm³/mol. The average molecular weight is 478 g/mol. The van der Waals surface area contributed by atoms with Crippen LogP contribution in [0.15, 0.2) is 21.5 Å². The first kappa shape index (κ1) is 23.2. The fourth-order valence-corrected chi connectivity index (χ4v) is 3.23. The van der Waals surface area contributed by atoms with Crippen molar-refractivity contribution in [2.24, 2.45) is 4.99 Å². The Morgan fingerprint density at radius 1 is 1.31 bits per heavy atom. The van der Waals surface area contributed by atoms with Gasteiger partial charge >= 0.3 is 0 Å². The molecule has 0 amide bonds. The van der Waals surface area contributed by atoms with Crippen LogP contribution in [0, 0.1) is 6.92 Å². The number of aliphatic hydroxyl groups is 1. The van der Waals surface area contributed by atoms with Crippen LogP contribution >= 0.6 is 24.0 Å². The van der Waals surface area contributed by atoms with Crippen LogP contribution in [0.5, 0.6) is 0 Å². The van der Waals surface area contributed by atoms with E-state index in [0.717, 1.165) is 31.2 Å². The molecule has 1 saturated heterocycles. The van der Waals surface area contributed by atoms with Crippen molar-refractivity contribution in [2.45, 2.75) is 58.6 Å². The number of halogens is 1. The summed E-state index contributed by atoms with van der Waals surface area (Å²) in [7, 11) is 0. The van der Waals surface area contributed by atoms with Crippen LogP contribution in [-0.4, -0.2) is 54.7 Å². The van der Waals surface area contributed by atoms with Crippen molar-refractivity contribution in [1.29, 1.82) is 0 Å². The first-order valence-corrected chi connectivity index (χ1v) is 9.51. The Morgan fingerprint density at radius 2 is 2.00 bits per heavy atom. The molecule has 0 saturated carbocycles. The second-order valence-electron chi connectivity index (χ2n) is 7.07. The first-order chi connectivity index (χ1) is 12.0. The van der Waals surface area contributed by atoms with Gasteiger partial charge in [-0.2, -0.15) is 0 Å². The van der Waals surface area contributed by atoms with Crippen molar-refractivity contribution in [2.75, 3.05) is 32.7 Å². The molecule has 0 bridgehead atoms. The van der Waals surface area contributed by atoms with Crippen LogP contribution in [0.3, 0.4) is 0 Å². The lowest BCUT2D eigenvalue weighted by Gasteiger charge is -2.27. The molecule has 150 valence electrons. The summed E-state index contributed by atoms with van der Waals surface area (Å²) in [4.78, 5) is 7.12. The minimum atomic E-state index is -1.12. The minimum absolute atomic E-state index is 0. The standard InChI is InChI=1S/C19H34N4O2.HI/c1-5-16(23-11-7-8-12-23)13-21-18(20-6-2)22-14-19(4,24)17-10-9-15(3)25-17;/h9-10,16,24H,5-8,11-14H2,1-4H3,(H2,20,21,22);1H. The molecule has 7 heteroatoms. The smallest absolute Gasteiger partial charge is 0.191 e. The average Bonchev–Trinajstić information content (AvgIpc) is 3.25. The van der Waals surface area contributed by atoms with Crippen LogP contribution in [0.2, 0.25) is 0 Å². The van der Waals surface area contributed by atoms with Gasteiger partial charge in [-0.1, -0.05) is 6.92 Å². The summed E-state index contributed by atoms with van der Waals surface area (Å²) in [6, 6.07) is 4.20. The zero-order valence-electron chi connectivity index (χ0n) is 16.5. The van der Waals surface area contributed by atoms with Gasteiger partial charge in [0.15, 0.2) is 5.96 Å². The molecular weight excluding hydrogens is 443 g/mol. The molecule has 6 nitrogen and oxygen atoms in total. The van der Waals surface area contributed by atoms with Crippen molar-refractivity contribution in [3.05, 3.63) is 23.7 Å². The Balaban J connectivity index is 0.00000338. The Morgan fingerprint density at radius 3 is 2.54 bits per heavy atom. The van der Waals surface area contributed by atoms with Crippen LogP contribution in [0.1, 0.15) is 51.6 Å². The fraction of sp³-hybridized carbons (Fsp3) is 0.737. The zero-order chi connectivity index (χ0) is 18.3. The number of aryl methyl sites for hydroxylation is 1. The summed E-state index contributed by atoms with van der Waals surface area (Å²) in [6.45, 7) is 12.2. The van der Waals surface area contributed by atoms with E-state index in [0.29, 0.717) is 11.8 Å². The third kappa shape index (κ3) is 6.74. The van der Waals surface area contributed by atoms with Crippen molar-refractivity contribution in [3.63, 3.8) is 0 Å². The van der Waals surface area contributed by atoms with E-state index in [9.17, 15) is 5.11 Å². The Bertz CT molecular complexity index is 553. The molecule has 1 fully saturated rings. The van der Waals surface area contributed by atoms with E-state index < -0.39 is 5.60 Å². The molecule has 1 aromatic heterocycles. The van der Waals surface area contributed by atoms with Gasteiger partial charge in [0.1, 0.15) is 17.1 Å². The van der Waals surface area contributed by atoms with Gasteiger partial charge in [-0.3, -0.25) is 4.90 Å². The second-order valence-corrected chi connectivity index (χ2v) is 7.07. The number of rotatable bonds is 8. The Hall–Kier alpha value is -0.800. The lowest BCUT2D eigenvalue weighted by atomic mass is 10.0. The normalized spacial score (nSPS) is 18.9. The van der Waals surface area contributed by atoms with E-state index >= 15 is 0 Å². The fourth-order valence-electron chi connectivity index (χ4n) is 3.23. The van der Waals surface area contributed by atoms with Gasteiger partial charge in [-0.05, 0) is 65.3 Å². The summed E-state index contributed by atoms with van der Waals surface area (Å²) in [5, 5.41) is 17.3. The SMILES string of the molecule is CCNC(=NCC(C)(O)c1ccc(C)o1)NCC(CC)N1CCCC1.I. The third-order valence-corrected chi connectivity index (χ3v) is 4.79.